The van der Waals surface area contributed by atoms with Gasteiger partial charge in [-0.3, -0.25) is 9.59 Å². The monoisotopic (exact) mass is 241 g/mol. The van der Waals surface area contributed by atoms with Crippen molar-refractivity contribution in [2.45, 2.75) is 27.2 Å². The summed E-state index contributed by atoms with van der Waals surface area (Å²) in [5.74, 6) is -1.23. The molecule has 1 amide bonds. The second kappa shape index (κ2) is 4.65. The second-order valence-electron chi connectivity index (χ2n) is 4.34. The molecule has 1 aromatic rings. The molecule has 0 aliphatic rings. The number of carboxylic acids is 1. The Balaban J connectivity index is 2.72. The van der Waals surface area contributed by atoms with Gasteiger partial charge in [0, 0.05) is 0 Å². The van der Waals surface area contributed by atoms with Gasteiger partial charge in [0.25, 0.3) is 0 Å². The Bertz CT molecular complexity index is 409. The van der Waals surface area contributed by atoms with Gasteiger partial charge >= 0.3 is 5.97 Å². The smallest absolute Gasteiger partial charge is 0.304 e. The molecule has 4 nitrogen and oxygen atoms in total. The minimum atomic E-state index is -0.969. The van der Waals surface area contributed by atoms with Crippen LogP contribution in [0.25, 0.3) is 0 Å². The zero-order valence-electron chi connectivity index (χ0n) is 9.53. The highest BCUT2D eigenvalue weighted by Gasteiger charge is 2.30. The van der Waals surface area contributed by atoms with Crippen LogP contribution in [-0.2, 0) is 9.59 Å². The van der Waals surface area contributed by atoms with E-state index in [2.05, 4.69) is 5.32 Å². The van der Waals surface area contributed by atoms with Crippen molar-refractivity contribution < 1.29 is 14.7 Å². The number of aliphatic carboxylic acids is 1. The van der Waals surface area contributed by atoms with E-state index in [0.717, 1.165) is 10.6 Å². The number of aryl methyl sites for hydroxylation is 1. The van der Waals surface area contributed by atoms with Crippen molar-refractivity contribution in [3.63, 3.8) is 0 Å². The van der Waals surface area contributed by atoms with Gasteiger partial charge in [0.2, 0.25) is 5.91 Å². The number of hydrogen-bond donors (Lipinski definition) is 2. The molecule has 0 atom stereocenters. The quantitative estimate of drug-likeness (QED) is 0.851. The predicted molar refractivity (Wildman–Crippen MR) is 63.7 cm³/mol. The molecule has 0 unspecified atom stereocenters. The Morgan fingerprint density at radius 1 is 1.50 bits per heavy atom. The van der Waals surface area contributed by atoms with E-state index >= 15 is 0 Å². The van der Waals surface area contributed by atoms with Gasteiger partial charge in [0.1, 0.15) is 0 Å². The molecule has 5 heteroatoms. The molecular weight excluding hydrogens is 226 g/mol. The zero-order chi connectivity index (χ0) is 12.3. The highest BCUT2D eigenvalue weighted by Crippen LogP contribution is 2.27. The molecule has 0 fully saturated rings. The van der Waals surface area contributed by atoms with Crippen LogP contribution in [0.2, 0.25) is 0 Å². The molecule has 0 spiro atoms. The molecule has 1 aromatic heterocycles. The van der Waals surface area contributed by atoms with Crippen LogP contribution in [0.1, 0.15) is 25.8 Å². The van der Waals surface area contributed by atoms with Crippen molar-refractivity contribution >= 4 is 28.2 Å². The van der Waals surface area contributed by atoms with Crippen LogP contribution in [-0.4, -0.2) is 17.0 Å². The summed E-state index contributed by atoms with van der Waals surface area (Å²) in [6, 6.07) is 1.91. The Hall–Kier alpha value is -1.36. The number of anilines is 1. The lowest BCUT2D eigenvalue weighted by atomic mass is 9.88. The van der Waals surface area contributed by atoms with Crippen molar-refractivity contribution in [2.24, 2.45) is 5.41 Å². The van der Waals surface area contributed by atoms with Crippen LogP contribution in [0.4, 0.5) is 5.00 Å². The summed E-state index contributed by atoms with van der Waals surface area (Å²) in [6.07, 6.45) is -0.177. The maximum absolute atomic E-state index is 11.9. The maximum atomic E-state index is 11.9. The van der Waals surface area contributed by atoms with Gasteiger partial charge in [-0.1, -0.05) is 13.8 Å². The Kier molecular flexibility index (Phi) is 3.70. The fourth-order valence-corrected chi connectivity index (χ4v) is 2.05. The number of hydrogen-bond acceptors (Lipinski definition) is 3. The van der Waals surface area contributed by atoms with E-state index in [0.29, 0.717) is 0 Å². The van der Waals surface area contributed by atoms with E-state index in [1.807, 2.05) is 18.4 Å². The third kappa shape index (κ3) is 3.06. The molecular formula is C11H15NO3S. The standard InChI is InChI=1S/C11H15NO3S/c1-7-4-5-16-9(7)12-10(15)11(2,3)6-8(13)14/h4-5H,6H2,1-3H3,(H,12,15)(H,13,14). The molecule has 0 bridgehead atoms. The first-order chi connectivity index (χ1) is 7.33. The third-order valence-electron chi connectivity index (χ3n) is 2.30. The normalized spacial score (nSPS) is 11.2. The van der Waals surface area contributed by atoms with E-state index in [9.17, 15) is 9.59 Å². The summed E-state index contributed by atoms with van der Waals surface area (Å²) in [7, 11) is 0. The van der Waals surface area contributed by atoms with E-state index in [1.165, 1.54) is 11.3 Å². The van der Waals surface area contributed by atoms with Crippen LogP contribution >= 0.6 is 11.3 Å². The lowest BCUT2D eigenvalue weighted by Crippen LogP contribution is -2.32. The summed E-state index contributed by atoms with van der Waals surface area (Å²) < 4.78 is 0. The second-order valence-corrected chi connectivity index (χ2v) is 5.26. The number of rotatable bonds is 4. The highest BCUT2D eigenvalue weighted by atomic mass is 32.1. The van der Waals surface area contributed by atoms with Crippen LogP contribution in [0.5, 0.6) is 0 Å². The molecule has 0 radical (unpaired) electrons. The largest absolute Gasteiger partial charge is 0.481 e. The summed E-state index contributed by atoms with van der Waals surface area (Å²) in [6.45, 7) is 5.15. The van der Waals surface area contributed by atoms with Gasteiger partial charge in [-0.2, -0.15) is 0 Å². The van der Waals surface area contributed by atoms with Gasteiger partial charge in [-0.25, -0.2) is 0 Å². The van der Waals surface area contributed by atoms with E-state index in [4.69, 9.17) is 5.11 Å². The first-order valence-corrected chi connectivity index (χ1v) is 5.78. The molecule has 0 saturated carbocycles. The number of amides is 1. The van der Waals surface area contributed by atoms with Crippen molar-refractivity contribution in [3.05, 3.63) is 17.0 Å². The third-order valence-corrected chi connectivity index (χ3v) is 3.23. The van der Waals surface area contributed by atoms with Gasteiger partial charge in [-0.15, -0.1) is 11.3 Å². The number of carbonyl (C=O) groups excluding carboxylic acids is 1. The fourth-order valence-electron chi connectivity index (χ4n) is 1.23. The molecule has 0 aliphatic heterocycles. The predicted octanol–water partition coefficient (Wildman–Crippen LogP) is 2.50. The lowest BCUT2D eigenvalue weighted by molar-refractivity contribution is -0.142. The molecule has 16 heavy (non-hydrogen) atoms. The van der Waals surface area contributed by atoms with Crippen LogP contribution in [0, 0.1) is 12.3 Å². The number of carboxylic acid groups (broad SMARTS) is 1. The van der Waals surface area contributed by atoms with Crippen molar-refractivity contribution in [3.8, 4) is 0 Å². The van der Waals surface area contributed by atoms with Crippen LogP contribution < -0.4 is 5.32 Å². The number of carbonyl (C=O) groups is 2. The molecule has 88 valence electrons. The van der Waals surface area contributed by atoms with Crippen molar-refractivity contribution in [2.75, 3.05) is 5.32 Å². The van der Waals surface area contributed by atoms with Gasteiger partial charge in [0.15, 0.2) is 0 Å². The van der Waals surface area contributed by atoms with Crippen molar-refractivity contribution in [1.82, 2.24) is 0 Å². The van der Waals surface area contributed by atoms with Crippen LogP contribution in [0.15, 0.2) is 11.4 Å². The Morgan fingerprint density at radius 3 is 2.56 bits per heavy atom. The molecule has 1 rings (SSSR count). The molecule has 1 heterocycles. The molecule has 0 aromatic carbocycles. The summed E-state index contributed by atoms with van der Waals surface area (Å²) in [5.41, 5.74) is 0.0897. The van der Waals surface area contributed by atoms with E-state index < -0.39 is 11.4 Å². The summed E-state index contributed by atoms with van der Waals surface area (Å²) in [4.78, 5) is 22.5. The molecule has 2 N–H and O–H groups in total. The van der Waals surface area contributed by atoms with Crippen molar-refractivity contribution in [1.29, 1.82) is 0 Å². The lowest BCUT2D eigenvalue weighted by Gasteiger charge is -2.21. The molecule has 0 aliphatic carbocycles. The zero-order valence-corrected chi connectivity index (χ0v) is 10.4. The summed E-state index contributed by atoms with van der Waals surface area (Å²) in [5, 5.41) is 14.1. The van der Waals surface area contributed by atoms with Gasteiger partial charge < -0.3 is 10.4 Å². The van der Waals surface area contributed by atoms with Crippen LogP contribution in [0.3, 0.4) is 0 Å². The highest BCUT2D eigenvalue weighted by molar-refractivity contribution is 7.14. The molecule has 0 saturated heterocycles. The average molecular weight is 241 g/mol. The first kappa shape index (κ1) is 12.7. The Labute approximate surface area is 98.3 Å². The number of thiophene rings is 1. The topological polar surface area (TPSA) is 66.4 Å². The minimum absolute atomic E-state index is 0.177. The number of nitrogens with one attached hydrogen (secondary N) is 1. The van der Waals surface area contributed by atoms with E-state index in [1.54, 1.807) is 13.8 Å². The first-order valence-electron chi connectivity index (χ1n) is 4.90. The Morgan fingerprint density at radius 2 is 2.12 bits per heavy atom. The summed E-state index contributed by atoms with van der Waals surface area (Å²) >= 11 is 1.43. The minimum Gasteiger partial charge on any atom is -0.481 e. The maximum Gasteiger partial charge on any atom is 0.304 e. The SMILES string of the molecule is Cc1ccsc1NC(=O)C(C)(C)CC(=O)O. The van der Waals surface area contributed by atoms with Gasteiger partial charge in [0.05, 0.1) is 16.8 Å². The fraction of sp³-hybridized carbons (Fsp3) is 0.455. The van der Waals surface area contributed by atoms with Gasteiger partial charge in [-0.05, 0) is 23.9 Å². The van der Waals surface area contributed by atoms with E-state index in [-0.39, 0.29) is 12.3 Å². The average Bonchev–Trinajstić information content (AvgIpc) is 2.49.